The molecule has 0 radical (unpaired) electrons. The molecule has 0 saturated carbocycles. The van der Waals surface area contributed by atoms with Gasteiger partial charge in [0, 0.05) is 45.2 Å². The Hall–Kier alpha value is -2.67. The third-order valence-corrected chi connectivity index (χ3v) is 5.28. The minimum absolute atomic E-state index is 0.0166. The topological polar surface area (TPSA) is 71.8 Å². The smallest absolute Gasteiger partial charge is 0.224 e. The van der Waals surface area contributed by atoms with Gasteiger partial charge in [-0.1, -0.05) is 0 Å². The number of carbonyl (C=O) groups excluding carboxylic acids is 1. The molecular weight excluding hydrogens is 354 g/mol. The Kier molecular flexibility index (Phi) is 5.71. The summed E-state index contributed by atoms with van der Waals surface area (Å²) >= 11 is 0. The lowest BCUT2D eigenvalue weighted by molar-refractivity contribution is -0.125. The van der Waals surface area contributed by atoms with E-state index in [-0.39, 0.29) is 11.8 Å². The van der Waals surface area contributed by atoms with Crippen LogP contribution in [0, 0.1) is 5.92 Å². The number of rotatable bonds is 7. The summed E-state index contributed by atoms with van der Waals surface area (Å²) in [6, 6.07) is 8.06. The summed E-state index contributed by atoms with van der Waals surface area (Å²) in [7, 11) is 0. The van der Waals surface area contributed by atoms with Crippen LogP contribution >= 0.6 is 0 Å². The van der Waals surface area contributed by atoms with Crippen LogP contribution in [0.25, 0.3) is 16.7 Å². The number of piperidine rings is 1. The predicted octanol–water partition coefficient (Wildman–Crippen LogP) is 2.64. The van der Waals surface area contributed by atoms with Gasteiger partial charge in [0.05, 0.1) is 17.0 Å². The second kappa shape index (κ2) is 8.56. The van der Waals surface area contributed by atoms with E-state index in [1.165, 1.54) is 0 Å². The van der Waals surface area contributed by atoms with Crippen LogP contribution in [0.5, 0.6) is 0 Å². The first kappa shape index (κ1) is 18.7. The largest absolute Gasteiger partial charge is 0.382 e. The van der Waals surface area contributed by atoms with Crippen molar-refractivity contribution in [1.82, 2.24) is 19.7 Å². The highest BCUT2D eigenvalue weighted by Crippen LogP contribution is 2.28. The zero-order chi connectivity index (χ0) is 19.3. The van der Waals surface area contributed by atoms with Crippen LogP contribution < -0.4 is 10.2 Å². The molecule has 0 aromatic carbocycles. The summed E-state index contributed by atoms with van der Waals surface area (Å²) in [5, 5.41) is 3.06. The monoisotopic (exact) mass is 381 g/mol. The molecule has 148 valence electrons. The summed E-state index contributed by atoms with van der Waals surface area (Å²) in [6.45, 7) is 5.63. The van der Waals surface area contributed by atoms with E-state index in [2.05, 4.69) is 25.7 Å². The lowest BCUT2D eigenvalue weighted by atomic mass is 9.97. The number of nitrogens with zero attached hydrogens (tertiary/aromatic N) is 4. The van der Waals surface area contributed by atoms with Crippen LogP contribution in [0.3, 0.4) is 0 Å². The number of hydrogen-bond acceptors (Lipinski definition) is 5. The van der Waals surface area contributed by atoms with E-state index in [1.807, 2.05) is 31.3 Å². The lowest BCUT2D eigenvalue weighted by Crippen LogP contribution is -2.43. The van der Waals surface area contributed by atoms with Gasteiger partial charge in [-0.25, -0.2) is 9.97 Å². The molecule has 1 fully saturated rings. The number of ether oxygens (including phenoxy) is 1. The summed E-state index contributed by atoms with van der Waals surface area (Å²) in [5.41, 5.74) is 2.77. The Balaban J connectivity index is 1.50. The average molecular weight is 381 g/mol. The molecule has 7 heteroatoms. The van der Waals surface area contributed by atoms with Crippen molar-refractivity contribution in [3.63, 3.8) is 0 Å². The van der Waals surface area contributed by atoms with Gasteiger partial charge in [-0.2, -0.15) is 0 Å². The molecule has 3 aromatic rings. The van der Waals surface area contributed by atoms with Crippen LogP contribution in [-0.4, -0.2) is 53.1 Å². The molecule has 1 saturated heterocycles. The molecule has 1 N–H and O–H groups in total. The Morgan fingerprint density at radius 2 is 2.21 bits per heavy atom. The molecule has 0 bridgehead atoms. The first-order chi connectivity index (χ1) is 13.8. The summed E-state index contributed by atoms with van der Waals surface area (Å²) in [5.74, 6) is 1.02. The van der Waals surface area contributed by atoms with Crippen molar-refractivity contribution >= 4 is 28.4 Å². The third-order valence-electron chi connectivity index (χ3n) is 5.28. The van der Waals surface area contributed by atoms with E-state index in [9.17, 15) is 4.79 Å². The number of anilines is 1. The Labute approximate surface area is 164 Å². The van der Waals surface area contributed by atoms with E-state index in [0.717, 1.165) is 48.3 Å². The minimum Gasteiger partial charge on any atom is -0.382 e. The maximum absolute atomic E-state index is 12.6. The Morgan fingerprint density at radius 1 is 1.32 bits per heavy atom. The van der Waals surface area contributed by atoms with Crippen LogP contribution in [-0.2, 0) is 9.53 Å². The van der Waals surface area contributed by atoms with Crippen molar-refractivity contribution in [3.8, 4) is 0 Å². The highest BCUT2D eigenvalue weighted by molar-refractivity contribution is 5.84. The van der Waals surface area contributed by atoms with Crippen molar-refractivity contribution in [2.75, 3.05) is 37.7 Å². The van der Waals surface area contributed by atoms with Gasteiger partial charge in [-0.05, 0) is 50.5 Å². The van der Waals surface area contributed by atoms with Gasteiger partial charge in [0.15, 0.2) is 11.5 Å². The van der Waals surface area contributed by atoms with E-state index in [0.29, 0.717) is 26.3 Å². The van der Waals surface area contributed by atoms with Crippen LogP contribution in [0.4, 0.5) is 5.82 Å². The minimum atomic E-state index is -0.0166. The maximum atomic E-state index is 12.6. The highest BCUT2D eigenvalue weighted by Gasteiger charge is 2.27. The van der Waals surface area contributed by atoms with E-state index < -0.39 is 0 Å². The SMILES string of the molecule is CCOCCCNC(=O)[C@@H]1CCCN(c2nc3ncccc3n3cccc23)C1. The van der Waals surface area contributed by atoms with E-state index >= 15 is 0 Å². The molecule has 28 heavy (non-hydrogen) atoms. The fraction of sp³-hybridized carbons (Fsp3) is 0.476. The molecule has 0 spiro atoms. The van der Waals surface area contributed by atoms with Gasteiger partial charge in [-0.15, -0.1) is 0 Å². The van der Waals surface area contributed by atoms with Gasteiger partial charge in [0.2, 0.25) is 5.91 Å². The number of amides is 1. The van der Waals surface area contributed by atoms with Gasteiger partial charge < -0.3 is 19.4 Å². The maximum Gasteiger partial charge on any atom is 0.224 e. The molecule has 0 aliphatic carbocycles. The second-order valence-electron chi connectivity index (χ2n) is 7.17. The summed E-state index contributed by atoms with van der Waals surface area (Å²) in [4.78, 5) is 24.1. The van der Waals surface area contributed by atoms with Crippen molar-refractivity contribution in [3.05, 3.63) is 36.7 Å². The first-order valence-electron chi connectivity index (χ1n) is 10.1. The number of nitrogens with one attached hydrogen (secondary N) is 1. The van der Waals surface area contributed by atoms with Crippen molar-refractivity contribution in [2.45, 2.75) is 26.2 Å². The molecular formula is C21H27N5O2. The van der Waals surface area contributed by atoms with E-state index in [4.69, 9.17) is 9.72 Å². The second-order valence-corrected chi connectivity index (χ2v) is 7.17. The zero-order valence-electron chi connectivity index (χ0n) is 16.3. The Bertz CT molecular complexity index is 954. The fourth-order valence-electron chi connectivity index (χ4n) is 3.88. The van der Waals surface area contributed by atoms with Crippen LogP contribution in [0.1, 0.15) is 26.2 Å². The van der Waals surface area contributed by atoms with Gasteiger partial charge in [0.25, 0.3) is 0 Å². The standard InChI is InChI=1S/C21H27N5O2/c1-2-28-14-6-11-23-21(27)16-7-4-12-25(15-16)20-18-9-5-13-26(18)17-8-3-10-22-19(17)24-20/h3,5,8-10,13,16H,2,4,6-7,11-12,14-15H2,1H3,(H,23,27)/t16-/m1/s1. The van der Waals surface area contributed by atoms with Gasteiger partial charge in [0.1, 0.15) is 0 Å². The van der Waals surface area contributed by atoms with Gasteiger partial charge in [-0.3, -0.25) is 4.79 Å². The molecule has 1 aliphatic heterocycles. The van der Waals surface area contributed by atoms with Crippen LogP contribution in [0.15, 0.2) is 36.7 Å². The predicted molar refractivity (Wildman–Crippen MR) is 110 cm³/mol. The normalized spacial score (nSPS) is 17.3. The van der Waals surface area contributed by atoms with Crippen molar-refractivity contribution in [2.24, 2.45) is 5.92 Å². The fourth-order valence-corrected chi connectivity index (χ4v) is 3.88. The molecule has 0 unspecified atom stereocenters. The molecule has 4 heterocycles. The molecule has 1 aliphatic rings. The van der Waals surface area contributed by atoms with Crippen LogP contribution in [0.2, 0.25) is 0 Å². The van der Waals surface area contributed by atoms with E-state index in [1.54, 1.807) is 6.20 Å². The van der Waals surface area contributed by atoms with Crippen molar-refractivity contribution < 1.29 is 9.53 Å². The summed E-state index contributed by atoms with van der Waals surface area (Å²) < 4.78 is 7.46. The van der Waals surface area contributed by atoms with Crippen molar-refractivity contribution in [1.29, 1.82) is 0 Å². The Morgan fingerprint density at radius 3 is 3.11 bits per heavy atom. The molecule has 3 aromatic heterocycles. The lowest BCUT2D eigenvalue weighted by Gasteiger charge is -2.33. The first-order valence-corrected chi connectivity index (χ1v) is 10.1. The third kappa shape index (κ3) is 3.80. The molecule has 1 atom stereocenters. The number of hydrogen-bond donors (Lipinski definition) is 1. The quantitative estimate of drug-likeness (QED) is 0.637. The average Bonchev–Trinajstić information content (AvgIpc) is 3.23. The summed E-state index contributed by atoms with van der Waals surface area (Å²) in [6.07, 6.45) is 6.54. The number of aromatic nitrogens is 3. The number of fused-ring (bicyclic) bond motifs is 3. The number of carbonyl (C=O) groups is 1. The highest BCUT2D eigenvalue weighted by atomic mass is 16.5. The number of pyridine rings is 1. The zero-order valence-corrected chi connectivity index (χ0v) is 16.3. The van der Waals surface area contributed by atoms with Gasteiger partial charge >= 0.3 is 0 Å². The molecule has 7 nitrogen and oxygen atoms in total. The molecule has 1 amide bonds. The molecule has 4 rings (SSSR count).